The largest absolute Gasteiger partial charge is 0.370 e. The van der Waals surface area contributed by atoms with E-state index < -0.39 is 0 Å². The minimum Gasteiger partial charge on any atom is -0.370 e. The van der Waals surface area contributed by atoms with Gasteiger partial charge in [-0.3, -0.25) is 4.68 Å². The first-order chi connectivity index (χ1) is 9.80. The Hall–Kier alpha value is -1.91. The topological polar surface area (TPSA) is 55.6 Å². The molecule has 20 heavy (non-hydrogen) atoms. The van der Waals surface area contributed by atoms with Crippen LogP contribution < -0.4 is 5.32 Å². The van der Waals surface area contributed by atoms with Crippen LogP contribution in [0, 0.1) is 0 Å². The Morgan fingerprint density at radius 1 is 1.15 bits per heavy atom. The van der Waals surface area contributed by atoms with E-state index in [2.05, 4.69) is 41.2 Å². The first kappa shape index (κ1) is 14.5. The Morgan fingerprint density at radius 3 is 2.65 bits per heavy atom. The molecule has 0 fully saturated rings. The molecule has 2 heterocycles. The summed E-state index contributed by atoms with van der Waals surface area (Å²) in [5.41, 5.74) is 3.26. The zero-order valence-electron chi connectivity index (χ0n) is 12.6. The molecular weight excluding hydrogens is 250 g/mol. The molecule has 0 aliphatic carbocycles. The summed E-state index contributed by atoms with van der Waals surface area (Å²) >= 11 is 0. The van der Waals surface area contributed by atoms with Gasteiger partial charge in [0.2, 0.25) is 0 Å². The standard InChI is InChI=1S/C15H23N5/c1-4-7-13-14(12-9-19-20(6-3)10-12)17-11-18-15(13)16-8-5-2/h9-11H,4-8H2,1-3H3,(H,16,17,18). The van der Waals surface area contributed by atoms with Gasteiger partial charge in [0.1, 0.15) is 12.1 Å². The predicted molar refractivity (Wildman–Crippen MR) is 81.7 cm³/mol. The van der Waals surface area contributed by atoms with Crippen LogP contribution in [-0.4, -0.2) is 26.3 Å². The first-order valence-corrected chi connectivity index (χ1v) is 7.40. The summed E-state index contributed by atoms with van der Waals surface area (Å²) < 4.78 is 1.92. The molecule has 0 saturated carbocycles. The molecule has 0 amide bonds. The Balaban J connectivity index is 2.40. The lowest BCUT2D eigenvalue weighted by molar-refractivity contribution is 0.660. The lowest BCUT2D eigenvalue weighted by Gasteiger charge is -2.12. The van der Waals surface area contributed by atoms with Crippen molar-refractivity contribution in [3.8, 4) is 11.3 Å². The van der Waals surface area contributed by atoms with Gasteiger partial charge >= 0.3 is 0 Å². The van der Waals surface area contributed by atoms with E-state index in [0.29, 0.717) is 0 Å². The molecule has 5 heteroatoms. The van der Waals surface area contributed by atoms with Crippen molar-refractivity contribution in [2.24, 2.45) is 0 Å². The van der Waals surface area contributed by atoms with Crippen molar-refractivity contribution >= 4 is 5.82 Å². The molecule has 0 aromatic carbocycles. The molecule has 0 atom stereocenters. The number of aromatic nitrogens is 4. The molecule has 108 valence electrons. The van der Waals surface area contributed by atoms with E-state index in [1.807, 2.05) is 17.1 Å². The van der Waals surface area contributed by atoms with Crippen molar-refractivity contribution in [2.75, 3.05) is 11.9 Å². The molecule has 2 aromatic rings. The maximum Gasteiger partial charge on any atom is 0.133 e. The van der Waals surface area contributed by atoms with Crippen LogP contribution in [0.4, 0.5) is 5.82 Å². The Kier molecular flexibility index (Phi) is 5.09. The van der Waals surface area contributed by atoms with Crippen molar-refractivity contribution in [3.63, 3.8) is 0 Å². The summed E-state index contributed by atoms with van der Waals surface area (Å²) in [5, 5.41) is 7.74. The highest BCUT2D eigenvalue weighted by Gasteiger charge is 2.13. The average Bonchev–Trinajstić information content (AvgIpc) is 2.95. The summed E-state index contributed by atoms with van der Waals surface area (Å²) in [6, 6.07) is 0. The number of nitrogens with one attached hydrogen (secondary N) is 1. The third-order valence-electron chi connectivity index (χ3n) is 3.22. The summed E-state index contributed by atoms with van der Waals surface area (Å²) in [4.78, 5) is 8.88. The second kappa shape index (κ2) is 7.03. The van der Waals surface area contributed by atoms with Crippen molar-refractivity contribution in [3.05, 3.63) is 24.3 Å². The van der Waals surface area contributed by atoms with Gasteiger partial charge in [0.25, 0.3) is 0 Å². The van der Waals surface area contributed by atoms with Crippen LogP contribution in [0.15, 0.2) is 18.7 Å². The first-order valence-electron chi connectivity index (χ1n) is 7.40. The molecule has 5 nitrogen and oxygen atoms in total. The Bertz CT molecular complexity index is 547. The lowest BCUT2D eigenvalue weighted by Crippen LogP contribution is -2.07. The third-order valence-corrected chi connectivity index (χ3v) is 3.22. The number of hydrogen-bond acceptors (Lipinski definition) is 4. The zero-order chi connectivity index (χ0) is 14.4. The van der Waals surface area contributed by atoms with Crippen molar-refractivity contribution in [1.82, 2.24) is 19.7 Å². The van der Waals surface area contributed by atoms with Crippen LogP contribution >= 0.6 is 0 Å². The maximum atomic E-state index is 4.48. The fourth-order valence-electron chi connectivity index (χ4n) is 2.20. The normalized spacial score (nSPS) is 10.8. The third kappa shape index (κ3) is 3.15. The SMILES string of the molecule is CCCNc1ncnc(-c2cnn(CC)c2)c1CCC. The highest BCUT2D eigenvalue weighted by Crippen LogP contribution is 2.26. The van der Waals surface area contributed by atoms with Gasteiger partial charge in [0, 0.05) is 30.4 Å². The fourth-order valence-corrected chi connectivity index (χ4v) is 2.20. The van der Waals surface area contributed by atoms with Crippen LogP contribution in [0.25, 0.3) is 11.3 Å². The van der Waals surface area contributed by atoms with Gasteiger partial charge in [-0.2, -0.15) is 5.10 Å². The van der Waals surface area contributed by atoms with Crippen LogP contribution in [-0.2, 0) is 13.0 Å². The molecule has 0 spiro atoms. The van der Waals surface area contributed by atoms with Crippen LogP contribution in [0.5, 0.6) is 0 Å². The Labute approximate surface area is 120 Å². The molecule has 0 radical (unpaired) electrons. The number of hydrogen-bond donors (Lipinski definition) is 1. The van der Waals surface area contributed by atoms with Crippen molar-refractivity contribution in [1.29, 1.82) is 0 Å². The van der Waals surface area contributed by atoms with E-state index in [-0.39, 0.29) is 0 Å². The Morgan fingerprint density at radius 2 is 2.00 bits per heavy atom. The molecule has 2 rings (SSSR count). The molecule has 0 bridgehead atoms. The number of rotatable bonds is 7. The smallest absolute Gasteiger partial charge is 0.133 e. The quantitative estimate of drug-likeness (QED) is 0.842. The summed E-state index contributed by atoms with van der Waals surface area (Å²) in [6.07, 6.45) is 8.69. The van der Waals surface area contributed by atoms with Crippen molar-refractivity contribution < 1.29 is 0 Å². The lowest BCUT2D eigenvalue weighted by atomic mass is 10.1. The molecule has 0 aliphatic rings. The highest BCUT2D eigenvalue weighted by molar-refractivity contribution is 5.67. The molecule has 0 unspecified atom stereocenters. The minimum atomic E-state index is 0.870. The molecular formula is C15H23N5. The van der Waals surface area contributed by atoms with Crippen LogP contribution in [0.2, 0.25) is 0 Å². The van der Waals surface area contributed by atoms with Gasteiger partial charge in [0.15, 0.2) is 0 Å². The van der Waals surface area contributed by atoms with Crippen LogP contribution in [0.1, 0.15) is 39.2 Å². The second-order valence-electron chi connectivity index (χ2n) is 4.81. The van der Waals surface area contributed by atoms with Gasteiger partial charge in [-0.25, -0.2) is 9.97 Å². The maximum absolute atomic E-state index is 4.48. The van der Waals surface area contributed by atoms with E-state index in [9.17, 15) is 0 Å². The average molecular weight is 273 g/mol. The van der Waals surface area contributed by atoms with Crippen molar-refractivity contribution in [2.45, 2.75) is 46.6 Å². The van der Waals surface area contributed by atoms with Gasteiger partial charge < -0.3 is 5.32 Å². The number of anilines is 1. The van der Waals surface area contributed by atoms with Gasteiger partial charge in [-0.05, 0) is 19.8 Å². The minimum absolute atomic E-state index is 0.870. The number of aryl methyl sites for hydroxylation is 1. The predicted octanol–water partition coefficient (Wildman–Crippen LogP) is 3.13. The molecule has 0 aliphatic heterocycles. The summed E-state index contributed by atoms with van der Waals surface area (Å²) in [7, 11) is 0. The highest BCUT2D eigenvalue weighted by atomic mass is 15.3. The fraction of sp³-hybridized carbons (Fsp3) is 0.533. The van der Waals surface area contributed by atoms with E-state index >= 15 is 0 Å². The van der Waals surface area contributed by atoms with Crippen LogP contribution in [0.3, 0.4) is 0 Å². The van der Waals surface area contributed by atoms with E-state index in [1.165, 1.54) is 5.56 Å². The molecule has 1 N–H and O–H groups in total. The number of nitrogens with zero attached hydrogens (tertiary/aromatic N) is 4. The molecule has 2 aromatic heterocycles. The zero-order valence-corrected chi connectivity index (χ0v) is 12.6. The van der Waals surface area contributed by atoms with Gasteiger partial charge in [-0.15, -0.1) is 0 Å². The van der Waals surface area contributed by atoms with Gasteiger partial charge in [0.05, 0.1) is 11.9 Å². The monoisotopic (exact) mass is 273 g/mol. The summed E-state index contributed by atoms with van der Waals surface area (Å²) in [5.74, 6) is 0.961. The van der Waals surface area contributed by atoms with Gasteiger partial charge in [-0.1, -0.05) is 20.3 Å². The second-order valence-corrected chi connectivity index (χ2v) is 4.81. The van der Waals surface area contributed by atoms with E-state index in [4.69, 9.17) is 0 Å². The molecule has 0 saturated heterocycles. The van der Waals surface area contributed by atoms with E-state index in [0.717, 1.165) is 49.4 Å². The summed E-state index contributed by atoms with van der Waals surface area (Å²) in [6.45, 7) is 8.21. The van der Waals surface area contributed by atoms with E-state index in [1.54, 1.807) is 6.33 Å².